The summed E-state index contributed by atoms with van der Waals surface area (Å²) in [6.07, 6.45) is 1.74. The second-order valence-corrected chi connectivity index (χ2v) is 8.30. The van der Waals surface area contributed by atoms with Crippen LogP contribution in [0.15, 0.2) is 18.2 Å². The van der Waals surface area contributed by atoms with E-state index in [1.54, 1.807) is 11.0 Å². The Labute approximate surface area is 167 Å². The molecule has 0 bridgehead atoms. The number of hydrogen-bond acceptors (Lipinski definition) is 4. The van der Waals surface area contributed by atoms with Crippen molar-refractivity contribution in [3.8, 4) is 0 Å². The molecule has 27 heavy (non-hydrogen) atoms. The number of nitrogens with zero attached hydrogens (tertiary/aromatic N) is 1. The molecule has 8 heteroatoms. The van der Waals surface area contributed by atoms with E-state index >= 15 is 0 Å². The lowest BCUT2D eigenvalue weighted by Crippen LogP contribution is -2.41. The van der Waals surface area contributed by atoms with Crippen LogP contribution in [0.25, 0.3) is 0 Å². The van der Waals surface area contributed by atoms with Crippen LogP contribution in [-0.2, 0) is 9.31 Å². The Kier molecular flexibility index (Phi) is 6.62. The van der Waals surface area contributed by atoms with Gasteiger partial charge in [-0.2, -0.15) is 0 Å². The van der Waals surface area contributed by atoms with Crippen LogP contribution in [0.2, 0.25) is 0 Å². The SMILES string of the molecule is CC1(C)OB(c2ccc(C(=O)N3CCC(CN)CC3)c(F)c2)OC1(C)C.Cl. The van der Waals surface area contributed by atoms with Gasteiger partial charge in [0, 0.05) is 13.1 Å². The van der Waals surface area contributed by atoms with E-state index in [0.29, 0.717) is 31.0 Å². The van der Waals surface area contributed by atoms with E-state index in [9.17, 15) is 9.18 Å². The quantitative estimate of drug-likeness (QED) is 0.794. The van der Waals surface area contributed by atoms with Gasteiger partial charge in [0.1, 0.15) is 5.82 Å². The van der Waals surface area contributed by atoms with Crippen molar-refractivity contribution in [1.82, 2.24) is 4.90 Å². The minimum Gasteiger partial charge on any atom is -0.399 e. The average molecular weight is 399 g/mol. The molecule has 0 aromatic heterocycles. The fourth-order valence-corrected chi connectivity index (χ4v) is 3.37. The maximum absolute atomic E-state index is 14.7. The van der Waals surface area contributed by atoms with E-state index in [2.05, 4.69) is 0 Å². The van der Waals surface area contributed by atoms with Gasteiger partial charge < -0.3 is 19.9 Å². The molecule has 0 atom stereocenters. The van der Waals surface area contributed by atoms with Crippen LogP contribution >= 0.6 is 12.4 Å². The van der Waals surface area contributed by atoms with Crippen LogP contribution < -0.4 is 11.2 Å². The highest BCUT2D eigenvalue weighted by Gasteiger charge is 2.51. The van der Waals surface area contributed by atoms with Gasteiger partial charge in [0.2, 0.25) is 0 Å². The minimum absolute atomic E-state index is 0. The van der Waals surface area contributed by atoms with Crippen molar-refractivity contribution in [1.29, 1.82) is 0 Å². The van der Waals surface area contributed by atoms with Gasteiger partial charge in [0.15, 0.2) is 0 Å². The van der Waals surface area contributed by atoms with E-state index in [0.717, 1.165) is 12.8 Å². The standard InChI is InChI=1S/C19H28BFN2O3.ClH/c1-18(2)19(3,4)26-20(25-18)14-5-6-15(16(21)11-14)17(24)23-9-7-13(12-22)8-10-23;/h5-6,11,13H,7-10,12,22H2,1-4H3;1H. The van der Waals surface area contributed by atoms with E-state index in [1.807, 2.05) is 27.7 Å². The molecule has 0 unspecified atom stereocenters. The molecule has 0 saturated carbocycles. The number of amides is 1. The summed E-state index contributed by atoms with van der Waals surface area (Å²) in [6.45, 7) is 9.69. The number of likely N-dealkylation sites (tertiary alicyclic amines) is 1. The van der Waals surface area contributed by atoms with Crippen molar-refractivity contribution in [2.75, 3.05) is 19.6 Å². The highest BCUT2D eigenvalue weighted by atomic mass is 35.5. The zero-order valence-corrected chi connectivity index (χ0v) is 17.3. The molecule has 150 valence electrons. The van der Waals surface area contributed by atoms with E-state index in [4.69, 9.17) is 15.0 Å². The van der Waals surface area contributed by atoms with Crippen LogP contribution in [0.3, 0.4) is 0 Å². The first-order valence-corrected chi connectivity index (χ1v) is 9.29. The molecule has 1 amide bonds. The van der Waals surface area contributed by atoms with E-state index < -0.39 is 24.1 Å². The number of carbonyl (C=O) groups excluding carboxylic acids is 1. The molecule has 1 aromatic carbocycles. The third-order valence-electron chi connectivity index (χ3n) is 5.98. The normalized spacial score (nSPS) is 21.9. The molecule has 2 aliphatic rings. The Morgan fingerprint density at radius 2 is 1.78 bits per heavy atom. The highest BCUT2D eigenvalue weighted by Crippen LogP contribution is 2.36. The third-order valence-corrected chi connectivity index (χ3v) is 5.98. The molecule has 1 aromatic rings. The maximum atomic E-state index is 14.7. The number of halogens is 2. The minimum atomic E-state index is -0.640. The highest BCUT2D eigenvalue weighted by molar-refractivity contribution is 6.62. The second kappa shape index (κ2) is 8.07. The predicted molar refractivity (Wildman–Crippen MR) is 107 cm³/mol. The number of nitrogens with two attached hydrogens (primary N) is 1. The van der Waals surface area contributed by atoms with Crippen LogP contribution in [0.4, 0.5) is 4.39 Å². The number of carbonyl (C=O) groups is 1. The van der Waals surface area contributed by atoms with Crippen molar-refractivity contribution >= 4 is 30.9 Å². The fourth-order valence-electron chi connectivity index (χ4n) is 3.37. The summed E-state index contributed by atoms with van der Waals surface area (Å²) in [5.41, 5.74) is 5.38. The first kappa shape index (κ1) is 22.1. The van der Waals surface area contributed by atoms with Crippen molar-refractivity contribution in [2.45, 2.75) is 51.7 Å². The van der Waals surface area contributed by atoms with Gasteiger partial charge in [-0.05, 0) is 70.6 Å². The molecule has 2 fully saturated rings. The van der Waals surface area contributed by atoms with Crippen molar-refractivity contribution in [3.63, 3.8) is 0 Å². The number of piperidine rings is 1. The summed E-state index contributed by atoms with van der Waals surface area (Å²) in [7, 11) is -0.640. The Morgan fingerprint density at radius 3 is 2.26 bits per heavy atom. The summed E-state index contributed by atoms with van der Waals surface area (Å²) < 4.78 is 26.6. The van der Waals surface area contributed by atoms with Crippen LogP contribution in [0.5, 0.6) is 0 Å². The summed E-state index contributed by atoms with van der Waals surface area (Å²) in [5.74, 6) is -0.351. The fraction of sp³-hybridized carbons (Fsp3) is 0.632. The number of hydrogen-bond donors (Lipinski definition) is 1. The lowest BCUT2D eigenvalue weighted by Gasteiger charge is -2.32. The van der Waals surface area contributed by atoms with Crippen LogP contribution in [-0.4, -0.2) is 48.8 Å². The summed E-state index contributed by atoms with van der Waals surface area (Å²) in [4.78, 5) is 14.4. The first-order valence-electron chi connectivity index (χ1n) is 9.29. The van der Waals surface area contributed by atoms with Gasteiger partial charge in [0.05, 0.1) is 16.8 Å². The second-order valence-electron chi connectivity index (χ2n) is 8.30. The van der Waals surface area contributed by atoms with Gasteiger partial charge >= 0.3 is 7.12 Å². The van der Waals surface area contributed by atoms with E-state index in [1.165, 1.54) is 12.1 Å². The average Bonchev–Trinajstić information content (AvgIpc) is 2.82. The molecule has 0 spiro atoms. The Bertz CT molecular complexity index is 678. The zero-order valence-electron chi connectivity index (χ0n) is 16.5. The van der Waals surface area contributed by atoms with E-state index in [-0.39, 0.29) is 23.9 Å². The van der Waals surface area contributed by atoms with Crippen molar-refractivity contribution in [3.05, 3.63) is 29.6 Å². The van der Waals surface area contributed by atoms with Gasteiger partial charge in [-0.1, -0.05) is 6.07 Å². The molecule has 0 radical (unpaired) electrons. The lowest BCUT2D eigenvalue weighted by atomic mass is 9.78. The molecule has 0 aliphatic carbocycles. The Balaban J connectivity index is 0.00000261. The summed E-state index contributed by atoms with van der Waals surface area (Å²) in [5, 5.41) is 0. The van der Waals surface area contributed by atoms with Crippen molar-refractivity contribution < 1.29 is 18.5 Å². The summed E-state index contributed by atoms with van der Waals surface area (Å²) in [6, 6.07) is 4.60. The molecular weight excluding hydrogens is 369 g/mol. The Hall–Kier alpha value is -1.15. The topological polar surface area (TPSA) is 64.8 Å². The molecule has 2 N–H and O–H groups in total. The monoisotopic (exact) mass is 398 g/mol. The lowest BCUT2D eigenvalue weighted by molar-refractivity contribution is 0.00578. The molecule has 3 rings (SSSR count). The largest absolute Gasteiger partial charge is 0.494 e. The number of benzene rings is 1. The molecule has 2 aliphatic heterocycles. The number of rotatable bonds is 3. The third kappa shape index (κ3) is 4.31. The summed E-state index contributed by atoms with van der Waals surface area (Å²) >= 11 is 0. The van der Waals surface area contributed by atoms with Crippen LogP contribution in [0, 0.1) is 11.7 Å². The molecule has 2 saturated heterocycles. The maximum Gasteiger partial charge on any atom is 0.494 e. The van der Waals surface area contributed by atoms with Crippen molar-refractivity contribution in [2.24, 2.45) is 11.7 Å². The first-order chi connectivity index (χ1) is 12.1. The zero-order chi connectivity index (χ0) is 19.1. The van der Waals surface area contributed by atoms with Gasteiger partial charge in [-0.25, -0.2) is 4.39 Å². The predicted octanol–water partition coefficient (Wildman–Crippen LogP) is 2.36. The van der Waals surface area contributed by atoms with Gasteiger partial charge in [-0.3, -0.25) is 4.79 Å². The molecule has 5 nitrogen and oxygen atoms in total. The smallest absolute Gasteiger partial charge is 0.399 e. The van der Waals surface area contributed by atoms with Gasteiger partial charge in [-0.15, -0.1) is 12.4 Å². The molecule has 2 heterocycles. The van der Waals surface area contributed by atoms with Crippen LogP contribution in [0.1, 0.15) is 50.9 Å². The molecular formula is C19H29BClFN2O3. The van der Waals surface area contributed by atoms with Gasteiger partial charge in [0.25, 0.3) is 5.91 Å². The Morgan fingerprint density at radius 1 is 1.22 bits per heavy atom.